The maximum atomic E-state index is 6.04. The van der Waals surface area contributed by atoms with Gasteiger partial charge in [-0.2, -0.15) is 0 Å². The van der Waals surface area contributed by atoms with Crippen LogP contribution in [0.1, 0.15) is 44.2 Å². The molecule has 0 spiro atoms. The fraction of sp³-hybridized carbons (Fsp3) is 0.696. The average Bonchev–Trinajstić information content (AvgIpc) is 3.49. The third kappa shape index (κ3) is 5.30. The average molecular weight is 401 g/mol. The number of nitrogens with zero attached hydrogens (tertiary/aromatic N) is 3. The Balaban J connectivity index is 1.47. The Hall–Kier alpha value is -1.63. The van der Waals surface area contributed by atoms with E-state index >= 15 is 0 Å². The number of aliphatic imine (C=N–C) groups is 1. The first-order valence-electron chi connectivity index (χ1n) is 11.4. The molecule has 0 bridgehead atoms. The number of guanidine groups is 1. The van der Waals surface area contributed by atoms with Gasteiger partial charge < -0.3 is 19.7 Å². The van der Waals surface area contributed by atoms with E-state index in [4.69, 9.17) is 14.5 Å². The fourth-order valence-electron chi connectivity index (χ4n) is 4.75. The Morgan fingerprint density at radius 1 is 1.07 bits per heavy atom. The molecule has 6 nitrogen and oxygen atoms in total. The van der Waals surface area contributed by atoms with Crippen molar-refractivity contribution in [2.45, 2.75) is 50.9 Å². The van der Waals surface area contributed by atoms with Crippen molar-refractivity contribution in [3.8, 4) is 0 Å². The van der Waals surface area contributed by atoms with Crippen molar-refractivity contribution in [2.75, 3.05) is 52.5 Å². The molecule has 0 amide bonds. The van der Waals surface area contributed by atoms with Gasteiger partial charge in [0.25, 0.3) is 0 Å². The molecule has 0 aromatic heterocycles. The van der Waals surface area contributed by atoms with Crippen LogP contribution in [-0.4, -0.2) is 80.4 Å². The number of ether oxygens (including phenoxy) is 2. The first kappa shape index (κ1) is 20.6. The number of benzene rings is 1. The molecule has 160 valence electrons. The molecule has 3 atom stereocenters. The van der Waals surface area contributed by atoms with Crippen molar-refractivity contribution >= 4 is 5.96 Å². The molecule has 4 rings (SSSR count). The summed E-state index contributed by atoms with van der Waals surface area (Å²) in [6, 6.07) is 11.2. The van der Waals surface area contributed by atoms with Gasteiger partial charge in [-0.1, -0.05) is 30.3 Å². The summed E-state index contributed by atoms with van der Waals surface area (Å²) in [5, 5.41) is 3.52. The summed E-state index contributed by atoms with van der Waals surface area (Å²) >= 11 is 0. The molecular weight excluding hydrogens is 364 g/mol. The lowest BCUT2D eigenvalue weighted by Crippen LogP contribution is -2.53. The van der Waals surface area contributed by atoms with Gasteiger partial charge >= 0.3 is 0 Å². The molecule has 3 aliphatic rings. The molecule has 0 saturated carbocycles. The molecule has 3 heterocycles. The van der Waals surface area contributed by atoms with Crippen molar-refractivity contribution in [1.29, 1.82) is 0 Å². The summed E-state index contributed by atoms with van der Waals surface area (Å²) in [6.07, 6.45) is 5.23. The summed E-state index contributed by atoms with van der Waals surface area (Å²) in [4.78, 5) is 10.1. The molecule has 3 saturated heterocycles. The van der Waals surface area contributed by atoms with Crippen LogP contribution in [-0.2, 0) is 9.47 Å². The molecule has 1 aromatic carbocycles. The largest absolute Gasteiger partial charge is 0.375 e. The van der Waals surface area contributed by atoms with Crippen LogP contribution in [0.15, 0.2) is 35.3 Å². The molecule has 6 heteroatoms. The number of nitrogens with one attached hydrogen (secondary N) is 1. The Labute approximate surface area is 175 Å². The minimum atomic E-state index is 0.151. The van der Waals surface area contributed by atoms with E-state index in [1.165, 1.54) is 31.5 Å². The second-order valence-corrected chi connectivity index (χ2v) is 8.27. The predicted octanol–water partition coefficient (Wildman–Crippen LogP) is 2.67. The number of hydrogen-bond acceptors (Lipinski definition) is 4. The first-order valence-corrected chi connectivity index (χ1v) is 11.4. The third-order valence-corrected chi connectivity index (χ3v) is 6.29. The van der Waals surface area contributed by atoms with Crippen LogP contribution in [0.25, 0.3) is 0 Å². The van der Waals surface area contributed by atoms with E-state index in [-0.39, 0.29) is 12.2 Å². The van der Waals surface area contributed by atoms with Gasteiger partial charge in [0, 0.05) is 26.2 Å². The smallest absolute Gasteiger partial charge is 0.194 e. The second kappa shape index (κ2) is 10.4. The van der Waals surface area contributed by atoms with Gasteiger partial charge in [-0.05, 0) is 51.3 Å². The number of morpholine rings is 1. The normalized spacial score (nSPS) is 27.3. The molecule has 3 aliphatic heterocycles. The standard InChI is InChI=1S/C23H36N4O2/c1-2-24-23(27-14-16-29-22(18-27)21-11-8-15-28-21)25-17-20(26-12-6-7-13-26)19-9-4-3-5-10-19/h3-5,9-10,20-22H,2,6-8,11-18H2,1H3,(H,24,25). The summed E-state index contributed by atoms with van der Waals surface area (Å²) in [5.74, 6) is 1.01. The molecule has 0 radical (unpaired) electrons. The molecule has 1 N–H and O–H groups in total. The van der Waals surface area contributed by atoms with Crippen LogP contribution in [0.5, 0.6) is 0 Å². The van der Waals surface area contributed by atoms with E-state index in [9.17, 15) is 0 Å². The van der Waals surface area contributed by atoms with E-state index < -0.39 is 0 Å². The van der Waals surface area contributed by atoms with Gasteiger partial charge in [-0.15, -0.1) is 0 Å². The van der Waals surface area contributed by atoms with Crippen LogP contribution in [0.4, 0.5) is 0 Å². The van der Waals surface area contributed by atoms with Gasteiger partial charge in [-0.25, -0.2) is 0 Å². The van der Waals surface area contributed by atoms with Gasteiger partial charge in [-0.3, -0.25) is 9.89 Å². The van der Waals surface area contributed by atoms with Crippen LogP contribution < -0.4 is 5.32 Å². The minimum Gasteiger partial charge on any atom is -0.375 e. The Morgan fingerprint density at radius 2 is 1.86 bits per heavy atom. The Kier molecular flexibility index (Phi) is 7.41. The van der Waals surface area contributed by atoms with Gasteiger partial charge in [0.2, 0.25) is 0 Å². The number of likely N-dealkylation sites (tertiary alicyclic amines) is 1. The highest BCUT2D eigenvalue weighted by atomic mass is 16.5. The van der Waals surface area contributed by atoms with E-state index in [0.29, 0.717) is 6.04 Å². The first-order chi connectivity index (χ1) is 14.3. The quantitative estimate of drug-likeness (QED) is 0.588. The van der Waals surface area contributed by atoms with Gasteiger partial charge in [0.1, 0.15) is 6.10 Å². The molecule has 29 heavy (non-hydrogen) atoms. The topological polar surface area (TPSA) is 49.3 Å². The Morgan fingerprint density at radius 3 is 2.59 bits per heavy atom. The lowest BCUT2D eigenvalue weighted by molar-refractivity contribution is -0.0817. The van der Waals surface area contributed by atoms with Gasteiger partial charge in [0.05, 0.1) is 25.3 Å². The van der Waals surface area contributed by atoms with Crippen molar-refractivity contribution in [3.05, 3.63) is 35.9 Å². The van der Waals surface area contributed by atoms with Crippen molar-refractivity contribution in [1.82, 2.24) is 15.1 Å². The van der Waals surface area contributed by atoms with Crippen molar-refractivity contribution in [3.63, 3.8) is 0 Å². The van der Waals surface area contributed by atoms with E-state index in [2.05, 4.69) is 52.4 Å². The highest BCUT2D eigenvalue weighted by Gasteiger charge is 2.32. The second-order valence-electron chi connectivity index (χ2n) is 8.27. The minimum absolute atomic E-state index is 0.151. The van der Waals surface area contributed by atoms with Crippen molar-refractivity contribution in [2.24, 2.45) is 4.99 Å². The monoisotopic (exact) mass is 400 g/mol. The molecule has 3 fully saturated rings. The van der Waals surface area contributed by atoms with E-state index in [1.807, 2.05) is 0 Å². The maximum absolute atomic E-state index is 6.04. The SMILES string of the molecule is CCNC(=NCC(c1ccccc1)N1CCCC1)N1CCOC(C2CCCO2)C1. The highest BCUT2D eigenvalue weighted by Crippen LogP contribution is 2.26. The molecule has 1 aromatic rings. The maximum Gasteiger partial charge on any atom is 0.194 e. The Bertz CT molecular complexity index is 642. The van der Waals surface area contributed by atoms with Gasteiger partial charge in [0.15, 0.2) is 5.96 Å². The summed E-state index contributed by atoms with van der Waals surface area (Å²) in [5.41, 5.74) is 1.37. The number of hydrogen-bond donors (Lipinski definition) is 1. The zero-order chi connectivity index (χ0) is 19.9. The molecule has 3 unspecified atom stereocenters. The predicted molar refractivity (Wildman–Crippen MR) is 116 cm³/mol. The van der Waals surface area contributed by atoms with Crippen LogP contribution in [0.2, 0.25) is 0 Å². The third-order valence-electron chi connectivity index (χ3n) is 6.29. The summed E-state index contributed by atoms with van der Waals surface area (Å²) < 4.78 is 11.9. The molecule has 0 aliphatic carbocycles. The number of rotatable bonds is 6. The van der Waals surface area contributed by atoms with Crippen molar-refractivity contribution < 1.29 is 9.47 Å². The van der Waals surface area contributed by atoms with E-state index in [0.717, 1.165) is 58.2 Å². The lowest BCUT2D eigenvalue weighted by Gasteiger charge is -2.37. The fourth-order valence-corrected chi connectivity index (χ4v) is 4.75. The van der Waals surface area contributed by atoms with Crippen LogP contribution in [0.3, 0.4) is 0 Å². The van der Waals surface area contributed by atoms with Crippen LogP contribution >= 0.6 is 0 Å². The molecular formula is C23H36N4O2. The zero-order valence-corrected chi connectivity index (χ0v) is 17.8. The van der Waals surface area contributed by atoms with E-state index in [1.54, 1.807) is 0 Å². The zero-order valence-electron chi connectivity index (χ0n) is 17.8. The summed E-state index contributed by atoms with van der Waals surface area (Å²) in [6.45, 7) is 9.49. The summed E-state index contributed by atoms with van der Waals surface area (Å²) in [7, 11) is 0. The van der Waals surface area contributed by atoms with Crippen LogP contribution in [0, 0.1) is 0 Å². The highest BCUT2D eigenvalue weighted by molar-refractivity contribution is 5.80. The lowest BCUT2D eigenvalue weighted by atomic mass is 10.1.